The normalized spacial score (nSPS) is 14.3. The molecule has 1 aliphatic rings. The average molecular weight is 364 g/mol. The van der Waals surface area contributed by atoms with Gasteiger partial charge >= 0.3 is 0 Å². The Kier molecular flexibility index (Phi) is 7.01. The molecule has 1 aliphatic heterocycles. The van der Waals surface area contributed by atoms with Crippen LogP contribution in [0.5, 0.6) is 5.75 Å². The zero-order chi connectivity index (χ0) is 13.8. The molecule has 2 rings (SSSR count). The van der Waals surface area contributed by atoms with Crippen LogP contribution in [-0.4, -0.2) is 18.1 Å². The predicted octanol–water partition coefficient (Wildman–Crippen LogP) is 4.20. The number of likely N-dealkylation sites (N-methyl/N-ethyl adjacent to an activating group) is 1. The Balaban J connectivity index is 0.00000200. The van der Waals surface area contributed by atoms with Crippen molar-refractivity contribution in [1.82, 2.24) is 4.90 Å². The van der Waals surface area contributed by atoms with Gasteiger partial charge in [0.15, 0.2) is 0 Å². The fraction of sp³-hybridized carbons (Fsp3) is 0.250. The van der Waals surface area contributed by atoms with Crippen molar-refractivity contribution in [1.29, 1.82) is 0 Å². The minimum Gasteiger partial charge on any atom is -0.494 e. The smallest absolute Gasteiger partial charge is 0.117 e. The van der Waals surface area contributed by atoms with E-state index in [1.54, 1.807) is 6.08 Å². The quantitative estimate of drug-likeness (QED) is 0.743. The number of hydrogen-bond donors (Lipinski definition) is 0. The number of nitrogens with zero attached hydrogens (tertiary/aromatic N) is 1. The van der Waals surface area contributed by atoms with Crippen molar-refractivity contribution < 1.29 is 37.4 Å². The molecule has 0 N–H and O–H groups in total. The molecule has 0 unspecified atom stereocenters. The molecule has 0 fully saturated rings. The van der Waals surface area contributed by atoms with Crippen molar-refractivity contribution in [2.75, 3.05) is 13.2 Å². The van der Waals surface area contributed by atoms with Gasteiger partial charge in [0.25, 0.3) is 0 Å². The number of hydrogen-bond acceptors (Lipinski definition) is 2. The van der Waals surface area contributed by atoms with Crippen molar-refractivity contribution in [3.05, 3.63) is 59.3 Å². The van der Waals surface area contributed by atoms with Crippen molar-refractivity contribution in [3.8, 4) is 5.75 Å². The maximum Gasteiger partial charge on any atom is 0.117 e. The number of benzene rings is 1. The monoisotopic (exact) mass is 363 g/mol. The maximum atomic E-state index is 6.08. The fourth-order valence-corrected chi connectivity index (χ4v) is 2.18. The summed E-state index contributed by atoms with van der Waals surface area (Å²) in [5.41, 5.74) is 2.87. The van der Waals surface area contributed by atoms with Crippen LogP contribution >= 0.6 is 11.6 Å². The topological polar surface area (TPSA) is 12.5 Å². The fourth-order valence-electron chi connectivity index (χ4n) is 2.02. The van der Waals surface area contributed by atoms with Gasteiger partial charge < -0.3 is 9.64 Å². The Morgan fingerprint density at radius 2 is 1.90 bits per heavy atom. The third-order valence-corrected chi connectivity index (χ3v) is 3.29. The molecule has 1 radical (unpaired) electrons. The van der Waals surface area contributed by atoms with Gasteiger partial charge in [-0.3, -0.25) is 0 Å². The van der Waals surface area contributed by atoms with Crippen LogP contribution in [0.2, 0.25) is 0 Å². The van der Waals surface area contributed by atoms with Crippen molar-refractivity contribution in [2.45, 2.75) is 13.8 Å². The third kappa shape index (κ3) is 3.75. The van der Waals surface area contributed by atoms with Gasteiger partial charge in [-0.1, -0.05) is 17.8 Å². The van der Waals surface area contributed by atoms with E-state index >= 15 is 0 Å². The molecule has 0 saturated heterocycles. The zero-order valence-corrected chi connectivity index (χ0v) is 15.4. The first-order chi connectivity index (χ1) is 9.17. The second-order valence-corrected chi connectivity index (χ2v) is 4.54. The summed E-state index contributed by atoms with van der Waals surface area (Å²) in [6.07, 6.45) is 4.98. The molecule has 1 aromatic rings. The number of rotatable bonds is 4. The summed E-state index contributed by atoms with van der Waals surface area (Å²) in [7, 11) is 0. The van der Waals surface area contributed by atoms with E-state index in [4.69, 9.17) is 16.3 Å². The molecule has 0 atom stereocenters. The van der Waals surface area contributed by atoms with Crippen molar-refractivity contribution >= 4 is 17.3 Å². The van der Waals surface area contributed by atoms with E-state index in [2.05, 4.69) is 24.5 Å². The summed E-state index contributed by atoms with van der Waals surface area (Å²) in [4.78, 5) is 2.05. The Morgan fingerprint density at radius 1 is 1.25 bits per heavy atom. The van der Waals surface area contributed by atoms with Gasteiger partial charge in [0.1, 0.15) is 5.75 Å². The van der Waals surface area contributed by atoms with Gasteiger partial charge in [-0.15, -0.1) is 12.1 Å². The number of allylic oxidation sites excluding steroid dienone is 3. The van der Waals surface area contributed by atoms with Gasteiger partial charge in [-0.2, -0.15) is 23.8 Å². The van der Waals surface area contributed by atoms with Crippen LogP contribution in [0.25, 0.3) is 5.70 Å². The van der Waals surface area contributed by atoms with E-state index < -0.39 is 0 Å². The first-order valence-electron chi connectivity index (χ1n) is 6.36. The van der Waals surface area contributed by atoms with E-state index in [9.17, 15) is 0 Å². The van der Waals surface area contributed by atoms with Crippen LogP contribution in [0.1, 0.15) is 19.4 Å². The molecule has 0 aliphatic carbocycles. The van der Waals surface area contributed by atoms with E-state index in [0.29, 0.717) is 11.6 Å². The van der Waals surface area contributed by atoms with Crippen molar-refractivity contribution in [2.24, 2.45) is 0 Å². The molecule has 0 bridgehead atoms. The summed E-state index contributed by atoms with van der Waals surface area (Å²) in [6.45, 7) is 9.52. The van der Waals surface area contributed by atoms with E-state index in [0.717, 1.165) is 29.3 Å². The summed E-state index contributed by atoms with van der Waals surface area (Å²) < 4.78 is 5.45. The second-order valence-electron chi connectivity index (χ2n) is 4.13. The average Bonchev–Trinajstić information content (AvgIpc) is 2.43. The van der Waals surface area contributed by atoms with Crippen LogP contribution in [0.4, 0.5) is 0 Å². The molecule has 1 heterocycles. The maximum absolute atomic E-state index is 6.08. The van der Waals surface area contributed by atoms with Crippen LogP contribution in [0.3, 0.4) is 0 Å². The third-order valence-electron chi connectivity index (χ3n) is 2.96. The first-order valence-corrected chi connectivity index (χ1v) is 6.74. The summed E-state index contributed by atoms with van der Waals surface area (Å²) in [5.74, 6) is 0.873. The van der Waals surface area contributed by atoms with E-state index in [-0.39, 0.29) is 32.7 Å². The largest absolute Gasteiger partial charge is 0.494 e. The molecule has 20 heavy (non-hydrogen) atoms. The SMILES string of the molecule is C=C1C(Cl)=C[C-]=C(c2ccc(OCC)cc2)N1CC.[Y]. The van der Waals surface area contributed by atoms with Gasteiger partial charge in [-0.05, 0) is 36.7 Å². The summed E-state index contributed by atoms with van der Waals surface area (Å²) in [6, 6.07) is 7.97. The van der Waals surface area contributed by atoms with Gasteiger partial charge in [0, 0.05) is 39.3 Å². The van der Waals surface area contributed by atoms with Crippen LogP contribution < -0.4 is 4.74 Å². The predicted molar refractivity (Wildman–Crippen MR) is 79.7 cm³/mol. The minimum absolute atomic E-state index is 0. The van der Waals surface area contributed by atoms with E-state index in [1.807, 2.05) is 31.2 Å². The standard InChI is InChI=1S/C16H17ClNO.Y/c1-4-18-12(3)15(17)10-11-16(18)13-6-8-14(9-7-13)19-5-2;/h6-10H,3-5H2,1-2H3;/q-1;. The van der Waals surface area contributed by atoms with Gasteiger partial charge in [0.2, 0.25) is 0 Å². The molecule has 2 nitrogen and oxygen atoms in total. The van der Waals surface area contributed by atoms with Crippen LogP contribution in [0.15, 0.2) is 47.6 Å². The van der Waals surface area contributed by atoms with Crippen molar-refractivity contribution in [3.63, 3.8) is 0 Å². The van der Waals surface area contributed by atoms with Gasteiger partial charge in [-0.25, -0.2) is 0 Å². The van der Waals surface area contributed by atoms with Crippen LogP contribution in [-0.2, 0) is 32.7 Å². The van der Waals surface area contributed by atoms with Crippen LogP contribution in [0, 0.1) is 6.08 Å². The number of halogens is 1. The Morgan fingerprint density at radius 3 is 2.45 bits per heavy atom. The minimum atomic E-state index is 0. The Hall–Kier alpha value is -0.566. The first kappa shape index (κ1) is 17.5. The molecule has 0 saturated carbocycles. The van der Waals surface area contributed by atoms with Gasteiger partial charge in [0.05, 0.1) is 6.61 Å². The molecule has 4 heteroatoms. The zero-order valence-electron chi connectivity index (χ0n) is 11.8. The Bertz CT molecular complexity index is 534. The summed E-state index contributed by atoms with van der Waals surface area (Å²) in [5, 5.41) is 0.636. The molecule has 0 amide bonds. The number of ether oxygens (including phenoxy) is 1. The summed E-state index contributed by atoms with van der Waals surface area (Å²) >= 11 is 6.08. The van der Waals surface area contributed by atoms with E-state index in [1.165, 1.54) is 0 Å². The molecule has 0 spiro atoms. The second kappa shape index (κ2) is 8.02. The molecular formula is C16H17ClNOY-. The molecule has 1 aromatic carbocycles. The molecular weight excluding hydrogens is 347 g/mol. The molecule has 0 aromatic heterocycles. The molecule has 103 valence electrons. The Labute approximate surface area is 151 Å².